The Morgan fingerprint density at radius 2 is 1.85 bits per heavy atom. The Hall–Kier alpha value is -0.990. The molecule has 8 heteroatoms. The van der Waals surface area contributed by atoms with E-state index in [4.69, 9.17) is 5.73 Å². The van der Waals surface area contributed by atoms with Crippen LogP contribution in [0.25, 0.3) is 0 Å². The largest absolute Gasteiger partial charge is 0.396 e. The van der Waals surface area contributed by atoms with Crippen LogP contribution in [0.3, 0.4) is 0 Å². The van der Waals surface area contributed by atoms with Crippen molar-refractivity contribution in [3.63, 3.8) is 0 Å². The predicted molar refractivity (Wildman–Crippen MR) is 76.9 cm³/mol. The average molecular weight is 320 g/mol. The molecule has 0 saturated carbocycles. The van der Waals surface area contributed by atoms with E-state index in [9.17, 15) is 17.0 Å². The maximum absolute atomic E-state index is 13.5. The lowest BCUT2D eigenvalue weighted by atomic mass is 10.1. The second kappa shape index (κ2) is 5.42. The Balaban J connectivity index is 2.50. The maximum atomic E-state index is 13.5. The van der Waals surface area contributed by atoms with Gasteiger partial charge in [0.2, 0.25) is 10.0 Å². The molecule has 1 aromatic rings. The SMILES string of the molecule is Cc1cc(F)c(N)c(C)c1S(=O)(=O)N1CCS(=O)CC1. The van der Waals surface area contributed by atoms with Crippen LogP contribution in [0, 0.1) is 19.7 Å². The summed E-state index contributed by atoms with van der Waals surface area (Å²) < 4.78 is 51.4. The molecule has 0 atom stereocenters. The Bertz CT molecular complexity index is 664. The summed E-state index contributed by atoms with van der Waals surface area (Å²) in [5.41, 5.74) is 6.01. The lowest BCUT2D eigenvalue weighted by Gasteiger charge is -2.27. The zero-order chi connectivity index (χ0) is 15.1. The van der Waals surface area contributed by atoms with Crippen LogP contribution in [-0.4, -0.2) is 41.5 Å². The Morgan fingerprint density at radius 3 is 2.40 bits per heavy atom. The number of nitrogens with two attached hydrogens (primary N) is 1. The Morgan fingerprint density at radius 1 is 1.30 bits per heavy atom. The van der Waals surface area contributed by atoms with Gasteiger partial charge in [-0.25, -0.2) is 12.8 Å². The van der Waals surface area contributed by atoms with E-state index in [1.807, 2.05) is 0 Å². The second-order valence-electron chi connectivity index (χ2n) is 4.80. The fraction of sp³-hybridized carbons (Fsp3) is 0.500. The second-order valence-corrected chi connectivity index (χ2v) is 8.37. The van der Waals surface area contributed by atoms with Gasteiger partial charge < -0.3 is 5.73 Å². The highest BCUT2D eigenvalue weighted by Crippen LogP contribution is 2.30. The number of rotatable bonds is 2. The third-order valence-corrected chi connectivity index (χ3v) is 6.90. The van der Waals surface area contributed by atoms with Gasteiger partial charge >= 0.3 is 0 Å². The first kappa shape index (κ1) is 15.4. The summed E-state index contributed by atoms with van der Waals surface area (Å²) in [5, 5.41) is 0. The molecule has 1 aliphatic rings. The van der Waals surface area contributed by atoms with E-state index < -0.39 is 26.6 Å². The van der Waals surface area contributed by atoms with Crippen molar-refractivity contribution in [3.8, 4) is 0 Å². The van der Waals surface area contributed by atoms with Crippen LogP contribution in [-0.2, 0) is 20.8 Å². The van der Waals surface area contributed by atoms with Gasteiger partial charge in [-0.15, -0.1) is 0 Å². The van der Waals surface area contributed by atoms with E-state index in [1.165, 1.54) is 11.2 Å². The molecule has 20 heavy (non-hydrogen) atoms. The van der Waals surface area contributed by atoms with Crippen molar-refractivity contribution >= 4 is 26.5 Å². The van der Waals surface area contributed by atoms with E-state index >= 15 is 0 Å². The molecule has 0 aliphatic carbocycles. The molecule has 1 heterocycles. The third-order valence-electron chi connectivity index (χ3n) is 3.44. The number of aryl methyl sites for hydroxylation is 1. The smallest absolute Gasteiger partial charge is 0.243 e. The van der Waals surface area contributed by atoms with Crippen LogP contribution in [0.4, 0.5) is 10.1 Å². The number of nitrogen functional groups attached to an aromatic ring is 1. The van der Waals surface area contributed by atoms with E-state index in [1.54, 1.807) is 6.92 Å². The lowest BCUT2D eigenvalue weighted by molar-refractivity contribution is 0.438. The normalized spacial score (nSPS) is 18.4. The third kappa shape index (κ3) is 2.59. The number of hydrogen-bond donors (Lipinski definition) is 1. The summed E-state index contributed by atoms with van der Waals surface area (Å²) in [6.45, 7) is 3.47. The highest BCUT2D eigenvalue weighted by atomic mass is 32.2. The van der Waals surface area contributed by atoms with Gasteiger partial charge in [-0.2, -0.15) is 4.31 Å². The fourth-order valence-corrected chi connectivity index (χ4v) is 5.49. The van der Waals surface area contributed by atoms with Gasteiger partial charge in [0.1, 0.15) is 5.82 Å². The van der Waals surface area contributed by atoms with Gasteiger partial charge in [0.15, 0.2) is 0 Å². The highest BCUT2D eigenvalue weighted by molar-refractivity contribution is 7.89. The van der Waals surface area contributed by atoms with E-state index in [2.05, 4.69) is 0 Å². The standard InChI is InChI=1S/C12H17FN2O3S2/c1-8-7-10(13)11(14)9(2)12(8)20(17,18)15-3-5-19(16)6-4-15/h7H,3-6,14H2,1-2H3. The molecule has 0 amide bonds. The van der Waals surface area contributed by atoms with Crippen molar-refractivity contribution in [2.24, 2.45) is 0 Å². The van der Waals surface area contributed by atoms with Crippen molar-refractivity contribution < 1.29 is 17.0 Å². The molecule has 0 radical (unpaired) electrons. The molecule has 1 aliphatic heterocycles. The summed E-state index contributed by atoms with van der Waals surface area (Å²) in [5.74, 6) is 0.0424. The molecule has 2 N–H and O–H groups in total. The molecule has 0 bridgehead atoms. The van der Waals surface area contributed by atoms with Crippen LogP contribution >= 0.6 is 0 Å². The van der Waals surface area contributed by atoms with Crippen molar-refractivity contribution in [2.45, 2.75) is 18.7 Å². The van der Waals surface area contributed by atoms with Gasteiger partial charge in [-0.3, -0.25) is 4.21 Å². The van der Waals surface area contributed by atoms with Crippen molar-refractivity contribution in [3.05, 3.63) is 23.0 Å². The molecule has 2 rings (SSSR count). The minimum atomic E-state index is -3.73. The molecule has 0 spiro atoms. The molecular formula is C12H17FN2O3S2. The fourth-order valence-electron chi connectivity index (χ4n) is 2.32. The van der Waals surface area contributed by atoms with Gasteiger partial charge in [-0.1, -0.05) is 0 Å². The summed E-state index contributed by atoms with van der Waals surface area (Å²) in [4.78, 5) is 0.0593. The zero-order valence-corrected chi connectivity index (χ0v) is 13.0. The van der Waals surface area contributed by atoms with E-state index in [0.717, 1.165) is 6.07 Å². The number of nitrogens with zero attached hydrogens (tertiary/aromatic N) is 1. The zero-order valence-electron chi connectivity index (χ0n) is 11.3. The number of benzene rings is 1. The summed E-state index contributed by atoms with van der Waals surface area (Å²) >= 11 is 0. The summed E-state index contributed by atoms with van der Waals surface area (Å²) in [6, 6.07) is 1.14. The molecule has 1 saturated heterocycles. The molecule has 112 valence electrons. The van der Waals surface area contributed by atoms with Crippen molar-refractivity contribution in [1.29, 1.82) is 0 Å². The Kier molecular flexibility index (Phi) is 4.17. The van der Waals surface area contributed by atoms with Crippen molar-refractivity contribution in [1.82, 2.24) is 4.31 Å². The molecular weight excluding hydrogens is 303 g/mol. The van der Waals surface area contributed by atoms with E-state index in [0.29, 0.717) is 17.1 Å². The van der Waals surface area contributed by atoms with E-state index in [-0.39, 0.29) is 29.2 Å². The minimum Gasteiger partial charge on any atom is -0.396 e. The van der Waals surface area contributed by atoms with Gasteiger partial charge in [0, 0.05) is 35.4 Å². The summed E-state index contributed by atoms with van der Waals surface area (Å²) in [7, 11) is -4.70. The van der Waals surface area contributed by atoms with Gasteiger partial charge in [-0.05, 0) is 31.0 Å². The quantitative estimate of drug-likeness (QED) is 0.817. The Labute approximate surface area is 120 Å². The lowest BCUT2D eigenvalue weighted by Crippen LogP contribution is -2.42. The highest BCUT2D eigenvalue weighted by Gasteiger charge is 2.31. The number of anilines is 1. The van der Waals surface area contributed by atoms with Crippen LogP contribution in [0.15, 0.2) is 11.0 Å². The van der Waals surface area contributed by atoms with Gasteiger partial charge in [0.05, 0.1) is 10.6 Å². The molecule has 0 unspecified atom stereocenters. The van der Waals surface area contributed by atoms with Crippen molar-refractivity contribution in [2.75, 3.05) is 30.3 Å². The molecule has 1 aromatic carbocycles. The first-order valence-electron chi connectivity index (χ1n) is 6.15. The maximum Gasteiger partial charge on any atom is 0.243 e. The summed E-state index contributed by atoms with van der Waals surface area (Å²) in [6.07, 6.45) is 0. The van der Waals surface area contributed by atoms with Crippen LogP contribution in [0.2, 0.25) is 0 Å². The molecule has 5 nitrogen and oxygen atoms in total. The first-order valence-corrected chi connectivity index (χ1v) is 9.08. The number of halogens is 1. The average Bonchev–Trinajstić information content (AvgIpc) is 2.36. The number of hydrogen-bond acceptors (Lipinski definition) is 4. The molecule has 1 fully saturated rings. The topological polar surface area (TPSA) is 80.5 Å². The van der Waals surface area contributed by atoms with Gasteiger partial charge in [0.25, 0.3) is 0 Å². The first-order chi connectivity index (χ1) is 9.25. The van der Waals surface area contributed by atoms with Crippen LogP contribution < -0.4 is 5.73 Å². The monoisotopic (exact) mass is 320 g/mol. The van der Waals surface area contributed by atoms with Crippen LogP contribution in [0.5, 0.6) is 0 Å². The number of sulfonamides is 1. The predicted octanol–water partition coefficient (Wildman–Crippen LogP) is 0.778. The minimum absolute atomic E-state index is 0.0593. The molecule has 0 aromatic heterocycles. The van der Waals surface area contributed by atoms with Crippen LogP contribution in [0.1, 0.15) is 11.1 Å².